The molecule has 2 aromatic rings. The highest BCUT2D eigenvalue weighted by atomic mass is 35.5. The molecule has 0 aliphatic heterocycles. The molecule has 0 aliphatic rings. The third-order valence-electron chi connectivity index (χ3n) is 2.75. The van der Waals surface area contributed by atoms with E-state index >= 15 is 0 Å². The lowest BCUT2D eigenvalue weighted by atomic mass is 10.2. The first kappa shape index (κ1) is 14.2. The van der Waals surface area contributed by atoms with Crippen LogP contribution in [0.4, 0.5) is 0 Å². The van der Waals surface area contributed by atoms with Crippen LogP contribution in [0.25, 0.3) is 0 Å². The van der Waals surface area contributed by atoms with Crippen molar-refractivity contribution in [2.75, 3.05) is 0 Å². The highest BCUT2D eigenvalue weighted by molar-refractivity contribution is 7.71. The summed E-state index contributed by atoms with van der Waals surface area (Å²) in [6, 6.07) is 16.7. The number of aryl methyl sites for hydroxylation is 2. The number of halogens is 1. The van der Waals surface area contributed by atoms with Gasteiger partial charge in [0, 0.05) is 8.07 Å². The van der Waals surface area contributed by atoms with E-state index < -0.39 is 8.07 Å². The maximum atomic E-state index is 6.38. The number of rotatable bonds is 2. The molecule has 0 saturated heterocycles. The van der Waals surface area contributed by atoms with E-state index in [4.69, 9.17) is 5.50 Å². The van der Waals surface area contributed by atoms with Crippen LogP contribution in [0.15, 0.2) is 48.5 Å². The van der Waals surface area contributed by atoms with Crippen LogP contribution in [0.5, 0.6) is 0 Å². The van der Waals surface area contributed by atoms with Crippen molar-refractivity contribution in [2.24, 2.45) is 5.50 Å². The van der Waals surface area contributed by atoms with Gasteiger partial charge in [-0.25, -0.2) is 0 Å². The Hall–Kier alpha value is -0.880. The van der Waals surface area contributed by atoms with Crippen molar-refractivity contribution in [3.8, 4) is 0 Å². The molecule has 90 valence electrons. The van der Waals surface area contributed by atoms with E-state index in [-0.39, 0.29) is 12.4 Å². The number of hydrogen-bond acceptors (Lipinski definition) is 1. The monoisotopic (exact) mass is 265 g/mol. The summed E-state index contributed by atoms with van der Waals surface area (Å²) >= 11 is 0. The Kier molecular flexibility index (Phi) is 5.14. The predicted molar refractivity (Wildman–Crippen MR) is 80.0 cm³/mol. The Morgan fingerprint density at radius 1 is 0.765 bits per heavy atom. The lowest BCUT2D eigenvalue weighted by Crippen LogP contribution is -2.21. The quantitative estimate of drug-likeness (QED) is 0.830. The second-order valence-corrected chi connectivity index (χ2v) is 5.65. The summed E-state index contributed by atoms with van der Waals surface area (Å²) in [4.78, 5) is 0. The van der Waals surface area contributed by atoms with Gasteiger partial charge in [-0.05, 0) is 35.6 Å². The third-order valence-corrected chi connectivity index (χ3v) is 4.79. The van der Waals surface area contributed by atoms with Gasteiger partial charge in [0.2, 0.25) is 0 Å². The molecule has 0 fully saturated rings. The second-order valence-electron chi connectivity index (χ2n) is 3.94. The van der Waals surface area contributed by atoms with Gasteiger partial charge in [0.15, 0.2) is 0 Å². The minimum absolute atomic E-state index is 0. The number of hydrogen-bond donors (Lipinski definition) is 1. The van der Waals surface area contributed by atoms with Crippen LogP contribution in [-0.4, -0.2) is 0 Å². The van der Waals surface area contributed by atoms with E-state index in [9.17, 15) is 0 Å². The molecule has 17 heavy (non-hydrogen) atoms. The van der Waals surface area contributed by atoms with E-state index in [1.807, 2.05) is 0 Å². The molecule has 0 unspecified atom stereocenters. The van der Waals surface area contributed by atoms with Crippen molar-refractivity contribution < 1.29 is 0 Å². The van der Waals surface area contributed by atoms with Crippen LogP contribution >= 0.6 is 20.5 Å². The largest absolute Gasteiger partial charge is 0.302 e. The minimum Gasteiger partial charge on any atom is -0.302 e. The minimum atomic E-state index is -0.712. The first-order chi connectivity index (χ1) is 7.70. The third kappa shape index (κ3) is 3.07. The molecule has 0 aromatic heterocycles. The summed E-state index contributed by atoms with van der Waals surface area (Å²) in [5, 5.41) is 2.54. The Bertz CT molecular complexity index is 454. The molecule has 0 atom stereocenters. The summed E-state index contributed by atoms with van der Waals surface area (Å²) in [5.41, 5.74) is 8.94. The summed E-state index contributed by atoms with van der Waals surface area (Å²) < 4.78 is 0. The molecule has 3 heteroatoms. The predicted octanol–water partition coefficient (Wildman–Crippen LogP) is 3.03. The molecule has 0 saturated carbocycles. The van der Waals surface area contributed by atoms with E-state index in [0.717, 1.165) is 0 Å². The fourth-order valence-corrected chi connectivity index (χ4v) is 3.46. The van der Waals surface area contributed by atoms with Gasteiger partial charge in [0.25, 0.3) is 0 Å². The molecule has 0 bridgehead atoms. The Morgan fingerprint density at radius 3 is 1.47 bits per heavy atom. The van der Waals surface area contributed by atoms with Gasteiger partial charge in [-0.2, -0.15) is 0 Å². The first-order valence-electron chi connectivity index (χ1n) is 5.36. The highest BCUT2D eigenvalue weighted by Gasteiger charge is 2.12. The van der Waals surface area contributed by atoms with Crippen molar-refractivity contribution >= 4 is 31.1 Å². The van der Waals surface area contributed by atoms with Gasteiger partial charge >= 0.3 is 0 Å². The van der Waals surface area contributed by atoms with Crippen LogP contribution in [0.2, 0.25) is 0 Å². The van der Waals surface area contributed by atoms with E-state index in [1.54, 1.807) is 0 Å². The van der Waals surface area contributed by atoms with Crippen molar-refractivity contribution in [3.05, 3.63) is 59.7 Å². The van der Waals surface area contributed by atoms with Gasteiger partial charge in [0.05, 0.1) is 0 Å². The van der Waals surface area contributed by atoms with Crippen LogP contribution < -0.4 is 16.1 Å². The van der Waals surface area contributed by atoms with Gasteiger partial charge in [-0.15, -0.1) is 12.4 Å². The van der Waals surface area contributed by atoms with Gasteiger partial charge < -0.3 is 5.50 Å². The average Bonchev–Trinajstić information content (AvgIpc) is 2.29. The summed E-state index contributed by atoms with van der Waals surface area (Å²) in [6.07, 6.45) is 0. The molecule has 2 N–H and O–H groups in total. The Balaban J connectivity index is 0.00000144. The fraction of sp³-hybridized carbons (Fsp3) is 0.143. The Morgan fingerprint density at radius 2 is 1.12 bits per heavy atom. The first-order valence-corrected chi connectivity index (χ1v) is 6.77. The molecular formula is C14H17ClNP. The highest BCUT2D eigenvalue weighted by Crippen LogP contribution is 2.26. The van der Waals surface area contributed by atoms with Gasteiger partial charge in [-0.1, -0.05) is 48.5 Å². The van der Waals surface area contributed by atoms with Crippen LogP contribution in [-0.2, 0) is 0 Å². The molecule has 0 heterocycles. The smallest absolute Gasteiger partial charge is 0.0230 e. The van der Waals surface area contributed by atoms with E-state index in [0.29, 0.717) is 0 Å². The molecule has 2 aromatic carbocycles. The molecule has 1 nitrogen and oxygen atoms in total. The van der Waals surface area contributed by atoms with Gasteiger partial charge in [-0.3, -0.25) is 0 Å². The zero-order valence-electron chi connectivity index (χ0n) is 10.1. The van der Waals surface area contributed by atoms with Crippen LogP contribution in [0, 0.1) is 13.8 Å². The number of nitrogens with two attached hydrogens (primary N) is 1. The molecular weight excluding hydrogens is 249 g/mol. The maximum Gasteiger partial charge on any atom is 0.0230 e. The topological polar surface area (TPSA) is 26.0 Å². The normalized spacial score (nSPS) is 10.1. The van der Waals surface area contributed by atoms with E-state index in [2.05, 4.69) is 62.4 Å². The Labute approximate surface area is 110 Å². The zero-order chi connectivity index (χ0) is 11.5. The lowest BCUT2D eigenvalue weighted by molar-refractivity contribution is 1.50. The van der Waals surface area contributed by atoms with Crippen molar-refractivity contribution in [2.45, 2.75) is 13.8 Å². The molecule has 0 radical (unpaired) electrons. The fourth-order valence-electron chi connectivity index (χ4n) is 1.80. The second kappa shape index (κ2) is 6.16. The van der Waals surface area contributed by atoms with E-state index in [1.165, 1.54) is 21.7 Å². The summed E-state index contributed by atoms with van der Waals surface area (Å²) in [7, 11) is -0.712. The standard InChI is InChI=1S/C14H16NP.ClH/c1-11-7-3-5-9-13(11)16(15)14-10-6-4-8-12(14)2;/h3-10H,15H2,1-2H3;1H. The SMILES string of the molecule is Cc1ccccc1P(N)c1ccccc1C.Cl. The summed E-state index contributed by atoms with van der Waals surface area (Å²) in [5.74, 6) is 0. The lowest BCUT2D eigenvalue weighted by Gasteiger charge is -2.16. The average molecular weight is 266 g/mol. The molecule has 2 rings (SSSR count). The molecule has 0 spiro atoms. The number of benzene rings is 2. The summed E-state index contributed by atoms with van der Waals surface area (Å²) in [6.45, 7) is 4.24. The maximum absolute atomic E-state index is 6.38. The zero-order valence-corrected chi connectivity index (χ0v) is 11.8. The van der Waals surface area contributed by atoms with Crippen LogP contribution in [0.1, 0.15) is 11.1 Å². The van der Waals surface area contributed by atoms with Gasteiger partial charge in [0.1, 0.15) is 0 Å². The van der Waals surface area contributed by atoms with Crippen molar-refractivity contribution in [3.63, 3.8) is 0 Å². The van der Waals surface area contributed by atoms with Crippen molar-refractivity contribution in [1.29, 1.82) is 0 Å². The van der Waals surface area contributed by atoms with Crippen LogP contribution in [0.3, 0.4) is 0 Å². The molecule has 0 amide bonds. The van der Waals surface area contributed by atoms with Crippen molar-refractivity contribution in [1.82, 2.24) is 0 Å². The molecule has 0 aliphatic carbocycles.